The van der Waals surface area contributed by atoms with Crippen molar-refractivity contribution in [1.29, 1.82) is 0 Å². The van der Waals surface area contributed by atoms with Crippen LogP contribution in [0.15, 0.2) is 36.4 Å². The van der Waals surface area contributed by atoms with Crippen LogP contribution in [0.4, 0.5) is 18.9 Å². The predicted octanol–water partition coefficient (Wildman–Crippen LogP) is 4.93. The van der Waals surface area contributed by atoms with E-state index >= 15 is 0 Å². The van der Waals surface area contributed by atoms with Gasteiger partial charge in [-0.25, -0.2) is 13.2 Å². The molecule has 100 valence electrons. The summed E-state index contributed by atoms with van der Waals surface area (Å²) in [5.41, 5.74) is 0.639. The molecule has 2 rings (SSSR count). The molecule has 19 heavy (non-hydrogen) atoms. The lowest BCUT2D eigenvalue weighted by Crippen LogP contribution is -2.09. The van der Waals surface area contributed by atoms with E-state index in [0.29, 0.717) is 5.69 Å². The van der Waals surface area contributed by atoms with Gasteiger partial charge in [-0.15, -0.1) is 0 Å². The fourth-order valence-corrected chi connectivity index (χ4v) is 1.99. The molecule has 0 amide bonds. The zero-order valence-corrected chi connectivity index (χ0v) is 10.8. The van der Waals surface area contributed by atoms with Crippen LogP contribution in [0.25, 0.3) is 0 Å². The Kier molecular flexibility index (Phi) is 4.00. The Labute approximate surface area is 114 Å². The van der Waals surface area contributed by atoms with Crippen molar-refractivity contribution in [2.24, 2.45) is 0 Å². The molecule has 1 atom stereocenters. The van der Waals surface area contributed by atoms with Crippen molar-refractivity contribution >= 4 is 17.3 Å². The van der Waals surface area contributed by atoms with Gasteiger partial charge in [0.05, 0.1) is 16.8 Å². The van der Waals surface area contributed by atoms with Crippen LogP contribution in [-0.2, 0) is 0 Å². The van der Waals surface area contributed by atoms with E-state index in [1.165, 1.54) is 12.1 Å². The molecule has 0 radical (unpaired) electrons. The molecule has 0 aliphatic carbocycles. The third-order valence-electron chi connectivity index (χ3n) is 2.73. The molecule has 5 heteroatoms. The van der Waals surface area contributed by atoms with E-state index in [0.717, 1.165) is 24.3 Å². The van der Waals surface area contributed by atoms with Crippen molar-refractivity contribution in [2.75, 3.05) is 5.32 Å². The second kappa shape index (κ2) is 5.53. The lowest BCUT2D eigenvalue weighted by Gasteiger charge is -2.17. The normalized spacial score (nSPS) is 12.3. The highest BCUT2D eigenvalue weighted by atomic mass is 35.5. The summed E-state index contributed by atoms with van der Waals surface area (Å²) in [4.78, 5) is 0. The first-order valence-corrected chi connectivity index (χ1v) is 6.01. The van der Waals surface area contributed by atoms with Gasteiger partial charge in [0.25, 0.3) is 0 Å². The van der Waals surface area contributed by atoms with Crippen molar-refractivity contribution in [3.8, 4) is 0 Å². The SMILES string of the molecule is CC(Nc1ccc(F)cc1Cl)c1cc(F)ccc1F. The highest BCUT2D eigenvalue weighted by Crippen LogP contribution is 2.28. The van der Waals surface area contributed by atoms with Crippen molar-refractivity contribution in [3.05, 3.63) is 64.4 Å². The molecule has 0 aromatic heterocycles. The molecule has 0 saturated carbocycles. The molecule has 2 aromatic rings. The Balaban J connectivity index is 2.25. The van der Waals surface area contributed by atoms with Crippen LogP contribution in [0.5, 0.6) is 0 Å². The van der Waals surface area contributed by atoms with Crippen LogP contribution < -0.4 is 5.32 Å². The summed E-state index contributed by atoms with van der Waals surface area (Å²) in [5.74, 6) is -1.49. The van der Waals surface area contributed by atoms with Gasteiger partial charge in [-0.1, -0.05) is 11.6 Å². The fourth-order valence-electron chi connectivity index (χ4n) is 1.76. The van der Waals surface area contributed by atoms with E-state index in [9.17, 15) is 13.2 Å². The Morgan fingerprint density at radius 1 is 1.00 bits per heavy atom. The third kappa shape index (κ3) is 3.20. The molecule has 1 unspecified atom stereocenters. The van der Waals surface area contributed by atoms with Gasteiger partial charge in [-0.3, -0.25) is 0 Å². The Morgan fingerprint density at radius 3 is 2.32 bits per heavy atom. The van der Waals surface area contributed by atoms with Gasteiger partial charge in [0, 0.05) is 5.56 Å². The average Bonchev–Trinajstić information content (AvgIpc) is 2.35. The summed E-state index contributed by atoms with van der Waals surface area (Å²) in [6, 6.07) is 6.57. The smallest absolute Gasteiger partial charge is 0.128 e. The van der Waals surface area contributed by atoms with Gasteiger partial charge in [-0.2, -0.15) is 0 Å². The molecule has 0 aliphatic heterocycles. The minimum absolute atomic E-state index is 0.181. The molecule has 1 N–H and O–H groups in total. The van der Waals surface area contributed by atoms with Gasteiger partial charge >= 0.3 is 0 Å². The van der Waals surface area contributed by atoms with Crippen molar-refractivity contribution in [2.45, 2.75) is 13.0 Å². The largest absolute Gasteiger partial charge is 0.377 e. The maximum Gasteiger partial charge on any atom is 0.128 e. The molecular formula is C14H11ClF3N. The topological polar surface area (TPSA) is 12.0 Å². The fraction of sp³-hybridized carbons (Fsp3) is 0.143. The first-order valence-electron chi connectivity index (χ1n) is 5.64. The third-order valence-corrected chi connectivity index (χ3v) is 3.04. The van der Waals surface area contributed by atoms with Crippen molar-refractivity contribution < 1.29 is 13.2 Å². The Bertz CT molecular complexity index is 601. The van der Waals surface area contributed by atoms with E-state index in [2.05, 4.69) is 5.32 Å². The molecule has 0 fully saturated rings. The first-order chi connectivity index (χ1) is 8.97. The van der Waals surface area contributed by atoms with Crippen LogP contribution in [0.3, 0.4) is 0 Å². The van der Waals surface area contributed by atoms with E-state index in [1.807, 2.05) is 0 Å². The van der Waals surface area contributed by atoms with Crippen LogP contribution in [0, 0.1) is 17.5 Å². The zero-order chi connectivity index (χ0) is 14.0. The second-order valence-corrected chi connectivity index (χ2v) is 4.56. The lowest BCUT2D eigenvalue weighted by molar-refractivity contribution is 0.577. The summed E-state index contributed by atoms with van der Waals surface area (Å²) in [6.45, 7) is 1.66. The van der Waals surface area contributed by atoms with Gasteiger partial charge in [-0.05, 0) is 43.3 Å². The average molecular weight is 286 g/mol. The summed E-state index contributed by atoms with van der Waals surface area (Å²) in [6.07, 6.45) is 0. The van der Waals surface area contributed by atoms with Gasteiger partial charge in [0.1, 0.15) is 17.5 Å². The van der Waals surface area contributed by atoms with E-state index in [1.54, 1.807) is 6.92 Å². The van der Waals surface area contributed by atoms with E-state index in [-0.39, 0.29) is 10.6 Å². The van der Waals surface area contributed by atoms with Crippen LogP contribution >= 0.6 is 11.6 Å². The van der Waals surface area contributed by atoms with Crippen molar-refractivity contribution in [3.63, 3.8) is 0 Å². The second-order valence-electron chi connectivity index (χ2n) is 4.16. The minimum Gasteiger partial charge on any atom is -0.377 e. The minimum atomic E-state index is -0.518. The maximum atomic E-state index is 13.6. The quantitative estimate of drug-likeness (QED) is 0.843. The monoisotopic (exact) mass is 285 g/mol. The Morgan fingerprint density at radius 2 is 1.63 bits per heavy atom. The Hall–Kier alpha value is -1.68. The number of hydrogen-bond donors (Lipinski definition) is 1. The first kappa shape index (κ1) is 13.7. The van der Waals surface area contributed by atoms with Crippen LogP contribution in [0.1, 0.15) is 18.5 Å². The van der Waals surface area contributed by atoms with E-state index < -0.39 is 23.5 Å². The molecule has 2 aromatic carbocycles. The number of hydrogen-bond acceptors (Lipinski definition) is 1. The van der Waals surface area contributed by atoms with Crippen LogP contribution in [0.2, 0.25) is 5.02 Å². The summed E-state index contributed by atoms with van der Waals surface area (Å²) < 4.78 is 39.6. The zero-order valence-electron chi connectivity index (χ0n) is 10.1. The predicted molar refractivity (Wildman–Crippen MR) is 69.8 cm³/mol. The standard InChI is InChI=1S/C14H11ClF3N/c1-8(11-6-9(16)2-4-13(11)18)19-14-5-3-10(17)7-12(14)15/h2-8,19H,1H3. The molecule has 0 spiro atoms. The molecule has 0 bridgehead atoms. The van der Waals surface area contributed by atoms with Gasteiger partial charge in [0.15, 0.2) is 0 Å². The maximum absolute atomic E-state index is 13.6. The molecular weight excluding hydrogens is 275 g/mol. The van der Waals surface area contributed by atoms with Crippen molar-refractivity contribution in [1.82, 2.24) is 0 Å². The summed E-state index contributed by atoms with van der Waals surface area (Å²) in [7, 11) is 0. The molecule has 1 nitrogen and oxygen atoms in total. The van der Waals surface area contributed by atoms with Gasteiger partial charge in [0.2, 0.25) is 0 Å². The number of benzene rings is 2. The summed E-state index contributed by atoms with van der Waals surface area (Å²) >= 11 is 5.86. The lowest BCUT2D eigenvalue weighted by atomic mass is 10.1. The number of nitrogens with one attached hydrogen (secondary N) is 1. The molecule has 0 heterocycles. The number of rotatable bonds is 3. The number of halogens is 4. The molecule has 0 aliphatic rings. The number of anilines is 1. The molecule has 0 saturated heterocycles. The van der Waals surface area contributed by atoms with Gasteiger partial charge < -0.3 is 5.32 Å². The summed E-state index contributed by atoms with van der Waals surface area (Å²) in [5, 5.41) is 3.10. The highest BCUT2D eigenvalue weighted by molar-refractivity contribution is 6.33. The van der Waals surface area contributed by atoms with Crippen LogP contribution in [-0.4, -0.2) is 0 Å². The van der Waals surface area contributed by atoms with E-state index in [4.69, 9.17) is 11.6 Å². The highest BCUT2D eigenvalue weighted by Gasteiger charge is 2.13.